The first-order valence-corrected chi connectivity index (χ1v) is 8.43. The highest BCUT2D eigenvalue weighted by Gasteiger charge is 2.32. The van der Waals surface area contributed by atoms with E-state index in [2.05, 4.69) is 10.5 Å². The number of likely N-dealkylation sites (tertiary alicyclic amines) is 1. The fourth-order valence-electron chi connectivity index (χ4n) is 2.82. The molecule has 0 radical (unpaired) electrons. The van der Waals surface area contributed by atoms with Crippen molar-refractivity contribution < 1.29 is 19.4 Å². The Morgan fingerprint density at radius 1 is 1.33 bits per heavy atom. The van der Waals surface area contributed by atoms with E-state index < -0.39 is 15.5 Å². The van der Waals surface area contributed by atoms with Gasteiger partial charge in [0.25, 0.3) is 5.69 Å². The zero-order valence-electron chi connectivity index (χ0n) is 15.2. The number of piperidine rings is 1. The first-order valence-electron chi connectivity index (χ1n) is 8.43. The zero-order chi connectivity index (χ0) is 20.1. The fourth-order valence-corrected chi connectivity index (χ4v) is 2.82. The van der Waals surface area contributed by atoms with Gasteiger partial charge in [0, 0.05) is 36.7 Å². The molecule has 1 saturated heterocycles. The standard InChI is InChI=1S/C16H21N5O6/c1-4-27-16(22)19-9-10(2)14(7-11(19)3)18-17-13-6-5-12(20(23)24)8-15(13)21(25)26/h5-6,8,10-11,17H,4,7,9H2,1-3H3/b18-14-/t10-,11-/m1/s1. The van der Waals surface area contributed by atoms with E-state index in [9.17, 15) is 25.0 Å². The van der Waals surface area contributed by atoms with Crippen LogP contribution in [0.5, 0.6) is 0 Å². The summed E-state index contributed by atoms with van der Waals surface area (Å²) in [5, 5.41) is 26.2. The van der Waals surface area contributed by atoms with E-state index in [0.29, 0.717) is 19.6 Å². The molecule has 27 heavy (non-hydrogen) atoms. The minimum atomic E-state index is -0.703. The third-order valence-corrected chi connectivity index (χ3v) is 4.29. The van der Waals surface area contributed by atoms with E-state index in [1.165, 1.54) is 12.1 Å². The van der Waals surface area contributed by atoms with Crippen LogP contribution in [0.1, 0.15) is 27.2 Å². The molecule has 0 aliphatic carbocycles. The van der Waals surface area contributed by atoms with E-state index in [-0.39, 0.29) is 29.4 Å². The number of rotatable bonds is 5. The molecule has 1 amide bonds. The summed E-state index contributed by atoms with van der Waals surface area (Å²) in [6, 6.07) is 3.18. The molecule has 2 atom stereocenters. The van der Waals surface area contributed by atoms with Gasteiger partial charge in [-0.15, -0.1) is 0 Å². The molecule has 1 aliphatic rings. The van der Waals surface area contributed by atoms with E-state index in [1.807, 2.05) is 13.8 Å². The third-order valence-electron chi connectivity index (χ3n) is 4.29. The molecule has 2 rings (SSSR count). The molecule has 146 valence electrons. The maximum Gasteiger partial charge on any atom is 0.410 e. The van der Waals surface area contributed by atoms with Gasteiger partial charge in [-0.25, -0.2) is 4.79 Å². The second-order valence-electron chi connectivity index (χ2n) is 6.24. The Bertz CT molecular complexity index is 781. The quantitative estimate of drug-likeness (QED) is 0.612. The summed E-state index contributed by atoms with van der Waals surface area (Å²) >= 11 is 0. The molecule has 11 nitrogen and oxygen atoms in total. The van der Waals surface area contributed by atoms with Gasteiger partial charge in [0.1, 0.15) is 5.69 Å². The number of ether oxygens (including phenoxy) is 1. The van der Waals surface area contributed by atoms with Crippen molar-refractivity contribution in [3.8, 4) is 0 Å². The van der Waals surface area contributed by atoms with Crippen LogP contribution in [0.15, 0.2) is 23.3 Å². The van der Waals surface area contributed by atoms with Crippen LogP contribution >= 0.6 is 0 Å². The van der Waals surface area contributed by atoms with Gasteiger partial charge in [-0.1, -0.05) is 6.92 Å². The number of amides is 1. The Kier molecular flexibility index (Phi) is 6.27. The number of hydrogen-bond acceptors (Lipinski definition) is 8. The minimum absolute atomic E-state index is 0.0609. The lowest BCUT2D eigenvalue weighted by Gasteiger charge is -2.36. The Balaban J connectivity index is 2.17. The van der Waals surface area contributed by atoms with Crippen molar-refractivity contribution in [2.24, 2.45) is 11.0 Å². The average Bonchev–Trinajstić information content (AvgIpc) is 2.61. The van der Waals surface area contributed by atoms with Gasteiger partial charge in [0.15, 0.2) is 0 Å². The molecule has 11 heteroatoms. The van der Waals surface area contributed by atoms with E-state index in [1.54, 1.807) is 11.8 Å². The maximum absolute atomic E-state index is 12.0. The lowest BCUT2D eigenvalue weighted by Crippen LogP contribution is -2.49. The maximum atomic E-state index is 12.0. The number of benzene rings is 1. The number of anilines is 1. The van der Waals surface area contributed by atoms with Gasteiger partial charge in [-0.3, -0.25) is 25.7 Å². The molecular formula is C16H21N5O6. The lowest BCUT2D eigenvalue weighted by molar-refractivity contribution is -0.393. The van der Waals surface area contributed by atoms with Crippen molar-refractivity contribution in [1.82, 2.24) is 4.90 Å². The number of nitro benzene ring substituents is 2. The SMILES string of the molecule is CCOC(=O)N1C[C@@H](C)/C(=N\Nc2ccc([N+](=O)[O-])cc2[N+](=O)[O-])C[C@H]1C. The second-order valence-corrected chi connectivity index (χ2v) is 6.24. The van der Waals surface area contributed by atoms with Gasteiger partial charge in [0.05, 0.1) is 22.5 Å². The van der Waals surface area contributed by atoms with Crippen LogP contribution in [-0.2, 0) is 4.74 Å². The highest BCUT2D eigenvalue weighted by molar-refractivity contribution is 5.90. The van der Waals surface area contributed by atoms with Crippen molar-refractivity contribution in [1.29, 1.82) is 0 Å². The molecule has 1 aromatic rings. The largest absolute Gasteiger partial charge is 0.450 e. The highest BCUT2D eigenvalue weighted by atomic mass is 16.6. The number of hydrogen-bond donors (Lipinski definition) is 1. The average molecular weight is 379 g/mol. The van der Waals surface area contributed by atoms with Crippen LogP contribution in [0.2, 0.25) is 0 Å². The Morgan fingerprint density at radius 2 is 2.04 bits per heavy atom. The molecule has 1 heterocycles. The van der Waals surface area contributed by atoms with E-state index in [0.717, 1.165) is 11.8 Å². The molecule has 1 aliphatic heterocycles. The summed E-state index contributed by atoms with van der Waals surface area (Å²) in [4.78, 5) is 34.2. The number of nitro groups is 2. The molecule has 1 aromatic carbocycles. The number of nitrogens with one attached hydrogen (secondary N) is 1. The number of nitrogens with zero attached hydrogens (tertiary/aromatic N) is 4. The lowest BCUT2D eigenvalue weighted by atomic mass is 9.93. The highest BCUT2D eigenvalue weighted by Crippen LogP contribution is 2.29. The summed E-state index contributed by atoms with van der Waals surface area (Å²) in [5.41, 5.74) is 2.64. The van der Waals surface area contributed by atoms with Gasteiger partial charge in [-0.05, 0) is 19.9 Å². The van der Waals surface area contributed by atoms with Crippen molar-refractivity contribution >= 4 is 28.9 Å². The Labute approximate surface area is 155 Å². The van der Waals surface area contributed by atoms with Gasteiger partial charge >= 0.3 is 11.8 Å². The predicted molar refractivity (Wildman–Crippen MR) is 97.8 cm³/mol. The topological polar surface area (TPSA) is 140 Å². The smallest absolute Gasteiger partial charge is 0.410 e. The molecule has 0 bridgehead atoms. The molecule has 0 spiro atoms. The van der Waals surface area contributed by atoms with Crippen LogP contribution in [0.4, 0.5) is 21.9 Å². The fraction of sp³-hybridized carbons (Fsp3) is 0.500. The summed E-state index contributed by atoms with van der Waals surface area (Å²) in [5.74, 6) is -0.0739. The Hall–Kier alpha value is -3.24. The molecule has 0 aromatic heterocycles. The number of carbonyl (C=O) groups is 1. The van der Waals surface area contributed by atoms with E-state index in [4.69, 9.17) is 4.74 Å². The van der Waals surface area contributed by atoms with Crippen LogP contribution in [0, 0.1) is 26.1 Å². The summed E-state index contributed by atoms with van der Waals surface area (Å²) in [7, 11) is 0. The number of non-ortho nitro benzene ring substituents is 1. The summed E-state index contributed by atoms with van der Waals surface area (Å²) in [6.07, 6.45) is 0.100. The van der Waals surface area contributed by atoms with Crippen LogP contribution in [0.3, 0.4) is 0 Å². The van der Waals surface area contributed by atoms with E-state index >= 15 is 0 Å². The monoisotopic (exact) mass is 379 g/mol. The summed E-state index contributed by atoms with van der Waals surface area (Å²) < 4.78 is 5.04. The molecular weight excluding hydrogens is 358 g/mol. The summed E-state index contributed by atoms with van der Waals surface area (Å²) in [6.45, 7) is 6.21. The van der Waals surface area contributed by atoms with Crippen molar-refractivity contribution in [3.05, 3.63) is 38.4 Å². The van der Waals surface area contributed by atoms with Gasteiger partial charge in [-0.2, -0.15) is 5.10 Å². The van der Waals surface area contributed by atoms with Crippen LogP contribution < -0.4 is 5.43 Å². The predicted octanol–water partition coefficient (Wildman–Crippen LogP) is 3.16. The minimum Gasteiger partial charge on any atom is -0.450 e. The van der Waals surface area contributed by atoms with Crippen molar-refractivity contribution in [3.63, 3.8) is 0 Å². The van der Waals surface area contributed by atoms with Crippen LogP contribution in [-0.4, -0.2) is 45.7 Å². The zero-order valence-corrected chi connectivity index (χ0v) is 15.2. The molecule has 0 unspecified atom stereocenters. The molecule has 0 saturated carbocycles. The normalized spacial score (nSPS) is 21.0. The van der Waals surface area contributed by atoms with Crippen LogP contribution in [0.25, 0.3) is 0 Å². The third kappa shape index (κ3) is 4.68. The first-order chi connectivity index (χ1) is 12.7. The molecule has 1 N–H and O–H groups in total. The first kappa shape index (κ1) is 20.1. The van der Waals surface area contributed by atoms with Gasteiger partial charge < -0.3 is 9.64 Å². The van der Waals surface area contributed by atoms with Gasteiger partial charge in [0.2, 0.25) is 0 Å². The number of carbonyl (C=O) groups excluding carboxylic acids is 1. The number of hydrazone groups is 1. The second kappa shape index (κ2) is 8.43. The Morgan fingerprint density at radius 3 is 2.63 bits per heavy atom. The van der Waals surface area contributed by atoms with Crippen molar-refractivity contribution in [2.75, 3.05) is 18.6 Å². The van der Waals surface area contributed by atoms with Crippen molar-refractivity contribution in [2.45, 2.75) is 33.2 Å². The molecule has 1 fully saturated rings.